The van der Waals surface area contributed by atoms with Gasteiger partial charge in [-0.25, -0.2) is 13.4 Å². The van der Waals surface area contributed by atoms with E-state index in [4.69, 9.17) is 0 Å². The van der Waals surface area contributed by atoms with Crippen LogP contribution in [-0.4, -0.2) is 42.6 Å². The Balaban J connectivity index is 1.95. The molecule has 2 atom stereocenters. The van der Waals surface area contributed by atoms with Crippen molar-refractivity contribution >= 4 is 9.84 Å². The van der Waals surface area contributed by atoms with Gasteiger partial charge >= 0.3 is 0 Å². The van der Waals surface area contributed by atoms with Crippen LogP contribution >= 0.6 is 0 Å². The first kappa shape index (κ1) is 15.5. The van der Waals surface area contributed by atoms with E-state index < -0.39 is 9.84 Å². The second kappa shape index (κ2) is 6.72. The van der Waals surface area contributed by atoms with Gasteiger partial charge in [-0.2, -0.15) is 0 Å². The minimum atomic E-state index is -2.79. The number of hydrogen-bond donors (Lipinski definition) is 1. The molecule has 1 aliphatic heterocycles. The van der Waals surface area contributed by atoms with Crippen LogP contribution in [0.5, 0.6) is 0 Å². The average molecular weight is 299 g/mol. The van der Waals surface area contributed by atoms with Crippen molar-refractivity contribution in [1.29, 1.82) is 0 Å². The van der Waals surface area contributed by atoms with E-state index in [0.717, 1.165) is 38.2 Å². The molecule has 0 radical (unpaired) electrons. The van der Waals surface area contributed by atoms with Gasteiger partial charge in [-0.3, -0.25) is 0 Å². The zero-order chi connectivity index (χ0) is 14.6. The number of aryl methyl sites for hydroxylation is 2. The van der Waals surface area contributed by atoms with E-state index in [9.17, 15) is 8.42 Å². The molecule has 1 saturated heterocycles. The average Bonchev–Trinajstić information content (AvgIpc) is 2.96. The summed E-state index contributed by atoms with van der Waals surface area (Å²) in [5.41, 5.74) is 0. The number of nitrogens with one attached hydrogen (secondary N) is 1. The van der Waals surface area contributed by atoms with Crippen LogP contribution < -0.4 is 5.32 Å². The first-order chi connectivity index (χ1) is 9.52. The lowest BCUT2D eigenvalue weighted by atomic mass is 9.87. The molecule has 114 valence electrons. The molecular weight excluding hydrogens is 274 g/mol. The second-order valence-corrected chi connectivity index (χ2v) is 7.95. The van der Waals surface area contributed by atoms with Crippen molar-refractivity contribution in [3.8, 4) is 0 Å². The van der Waals surface area contributed by atoms with Crippen LogP contribution in [0.2, 0.25) is 0 Å². The summed E-state index contributed by atoms with van der Waals surface area (Å²) in [6.45, 7) is 3.92. The predicted octanol–water partition coefficient (Wildman–Crippen LogP) is 1.01. The fourth-order valence-corrected chi connectivity index (χ4v) is 4.90. The van der Waals surface area contributed by atoms with Gasteiger partial charge in [0.25, 0.3) is 0 Å². The van der Waals surface area contributed by atoms with E-state index in [1.807, 2.05) is 24.0 Å². The summed E-state index contributed by atoms with van der Waals surface area (Å²) in [6, 6.07) is 0. The maximum Gasteiger partial charge on any atom is 0.150 e. The van der Waals surface area contributed by atoms with Crippen molar-refractivity contribution < 1.29 is 8.42 Å². The smallest absolute Gasteiger partial charge is 0.150 e. The Bertz CT molecular complexity index is 524. The van der Waals surface area contributed by atoms with Crippen LogP contribution in [0.25, 0.3) is 0 Å². The highest BCUT2D eigenvalue weighted by Gasteiger charge is 2.33. The molecule has 0 aromatic carbocycles. The molecule has 0 saturated carbocycles. The third kappa shape index (κ3) is 4.06. The summed E-state index contributed by atoms with van der Waals surface area (Å²) in [7, 11) is -0.793. The summed E-state index contributed by atoms with van der Waals surface area (Å²) in [4.78, 5) is 4.35. The Morgan fingerprint density at radius 1 is 1.55 bits per heavy atom. The highest BCUT2D eigenvalue weighted by Crippen LogP contribution is 2.28. The molecule has 0 aliphatic carbocycles. The lowest BCUT2D eigenvalue weighted by molar-refractivity contribution is 0.325. The van der Waals surface area contributed by atoms with Gasteiger partial charge in [0.15, 0.2) is 9.84 Å². The lowest BCUT2D eigenvalue weighted by Gasteiger charge is -2.22. The number of imidazole rings is 1. The van der Waals surface area contributed by atoms with Gasteiger partial charge in [-0.05, 0) is 37.8 Å². The van der Waals surface area contributed by atoms with E-state index in [-0.39, 0.29) is 0 Å². The van der Waals surface area contributed by atoms with Crippen LogP contribution in [0, 0.1) is 11.8 Å². The van der Waals surface area contributed by atoms with Crippen molar-refractivity contribution in [2.75, 3.05) is 24.6 Å². The molecule has 0 amide bonds. The second-order valence-electron chi connectivity index (χ2n) is 5.72. The van der Waals surface area contributed by atoms with Gasteiger partial charge in [-0.1, -0.05) is 6.92 Å². The van der Waals surface area contributed by atoms with Crippen molar-refractivity contribution in [3.63, 3.8) is 0 Å². The molecular formula is C14H25N3O2S. The van der Waals surface area contributed by atoms with Crippen LogP contribution in [-0.2, 0) is 23.3 Å². The molecule has 2 unspecified atom stereocenters. The van der Waals surface area contributed by atoms with Gasteiger partial charge in [0.05, 0.1) is 11.5 Å². The Labute approximate surface area is 121 Å². The van der Waals surface area contributed by atoms with Gasteiger partial charge in [0.1, 0.15) is 5.82 Å². The van der Waals surface area contributed by atoms with Crippen molar-refractivity contribution in [2.45, 2.75) is 26.2 Å². The van der Waals surface area contributed by atoms with E-state index in [1.165, 1.54) is 0 Å². The largest absolute Gasteiger partial charge is 0.338 e. The minimum Gasteiger partial charge on any atom is -0.338 e. The molecule has 1 aromatic rings. The van der Waals surface area contributed by atoms with Gasteiger partial charge in [0, 0.05) is 25.9 Å². The Morgan fingerprint density at radius 2 is 2.35 bits per heavy atom. The van der Waals surface area contributed by atoms with Crippen molar-refractivity contribution in [1.82, 2.24) is 14.9 Å². The highest BCUT2D eigenvalue weighted by atomic mass is 32.2. The highest BCUT2D eigenvalue weighted by molar-refractivity contribution is 7.91. The Kier molecular flexibility index (Phi) is 5.21. The summed E-state index contributed by atoms with van der Waals surface area (Å²) < 4.78 is 25.4. The molecule has 6 heteroatoms. The van der Waals surface area contributed by atoms with Gasteiger partial charge < -0.3 is 9.88 Å². The molecule has 1 aliphatic rings. The quantitative estimate of drug-likeness (QED) is 0.816. The van der Waals surface area contributed by atoms with E-state index in [1.54, 1.807) is 0 Å². The standard InChI is InChI=1S/C14H25N3O2S/c1-3-15-10-12(13-6-9-20(18,19)11-13)4-5-14-16-7-8-17(14)2/h7-8,12-13,15H,3-6,9-11H2,1-2H3. The monoisotopic (exact) mass is 299 g/mol. The summed E-state index contributed by atoms with van der Waals surface area (Å²) >= 11 is 0. The van der Waals surface area contributed by atoms with Gasteiger partial charge in [-0.15, -0.1) is 0 Å². The zero-order valence-corrected chi connectivity index (χ0v) is 13.2. The minimum absolute atomic E-state index is 0.305. The third-order valence-electron chi connectivity index (χ3n) is 4.25. The van der Waals surface area contributed by atoms with Crippen LogP contribution in [0.1, 0.15) is 25.6 Å². The molecule has 0 spiro atoms. The number of nitrogens with zero attached hydrogens (tertiary/aromatic N) is 2. The first-order valence-electron chi connectivity index (χ1n) is 7.39. The maximum atomic E-state index is 11.7. The third-order valence-corrected chi connectivity index (χ3v) is 6.04. The maximum absolute atomic E-state index is 11.7. The number of rotatable bonds is 7. The number of aromatic nitrogens is 2. The molecule has 5 nitrogen and oxygen atoms in total. The van der Waals surface area contributed by atoms with Crippen LogP contribution in [0.3, 0.4) is 0 Å². The number of sulfone groups is 1. The first-order valence-corrected chi connectivity index (χ1v) is 9.21. The molecule has 20 heavy (non-hydrogen) atoms. The molecule has 1 aromatic heterocycles. The fraction of sp³-hybridized carbons (Fsp3) is 0.786. The molecule has 2 rings (SSSR count). The van der Waals surface area contributed by atoms with E-state index in [2.05, 4.69) is 17.2 Å². The van der Waals surface area contributed by atoms with E-state index >= 15 is 0 Å². The zero-order valence-electron chi connectivity index (χ0n) is 12.4. The van der Waals surface area contributed by atoms with E-state index in [0.29, 0.717) is 23.3 Å². The number of hydrogen-bond acceptors (Lipinski definition) is 4. The SMILES string of the molecule is CCNCC(CCc1nccn1C)C1CCS(=O)(=O)C1. The van der Waals surface area contributed by atoms with Crippen molar-refractivity contribution in [2.24, 2.45) is 18.9 Å². The lowest BCUT2D eigenvalue weighted by Crippen LogP contribution is -2.29. The fourth-order valence-electron chi connectivity index (χ4n) is 2.98. The molecule has 2 heterocycles. The predicted molar refractivity (Wildman–Crippen MR) is 80.3 cm³/mol. The van der Waals surface area contributed by atoms with Crippen molar-refractivity contribution in [3.05, 3.63) is 18.2 Å². The molecule has 1 fully saturated rings. The summed E-state index contributed by atoms with van der Waals surface area (Å²) in [6.07, 6.45) is 6.50. The molecule has 0 bridgehead atoms. The summed E-state index contributed by atoms with van der Waals surface area (Å²) in [5, 5.41) is 3.38. The van der Waals surface area contributed by atoms with Crippen LogP contribution in [0.15, 0.2) is 12.4 Å². The van der Waals surface area contributed by atoms with Gasteiger partial charge in [0.2, 0.25) is 0 Å². The van der Waals surface area contributed by atoms with Crippen LogP contribution in [0.4, 0.5) is 0 Å². The topological polar surface area (TPSA) is 64.0 Å². The molecule has 1 N–H and O–H groups in total. The Morgan fingerprint density at radius 3 is 2.90 bits per heavy atom. The Hall–Kier alpha value is -0.880. The normalized spacial score (nSPS) is 23.0. The summed E-state index contributed by atoms with van der Waals surface area (Å²) in [5.74, 6) is 2.53.